The van der Waals surface area contributed by atoms with Crippen molar-refractivity contribution in [2.24, 2.45) is 5.73 Å². The Balaban J connectivity index is 1.60. The van der Waals surface area contributed by atoms with Gasteiger partial charge in [-0.3, -0.25) is 9.69 Å². The summed E-state index contributed by atoms with van der Waals surface area (Å²) in [5.41, 5.74) is 6.23. The summed E-state index contributed by atoms with van der Waals surface area (Å²) in [5, 5.41) is 2.99. The van der Waals surface area contributed by atoms with Crippen molar-refractivity contribution < 1.29 is 14.3 Å². The average molecular weight is 333 g/mol. The number of nitrogens with zero attached hydrogens (tertiary/aromatic N) is 2. The third-order valence-corrected chi connectivity index (χ3v) is 4.43. The first-order chi connectivity index (χ1) is 11.2. The highest BCUT2D eigenvalue weighted by Crippen LogP contribution is 2.25. The molecule has 1 aliphatic heterocycles. The van der Waals surface area contributed by atoms with Crippen LogP contribution in [0.5, 0.6) is 5.75 Å². The van der Waals surface area contributed by atoms with E-state index in [4.69, 9.17) is 15.2 Å². The van der Waals surface area contributed by atoms with E-state index in [1.54, 1.807) is 11.3 Å². The fourth-order valence-electron chi connectivity index (χ4n) is 2.54. The Morgan fingerprint density at radius 3 is 3.22 bits per heavy atom. The quantitative estimate of drug-likeness (QED) is 0.868. The first-order valence-corrected chi connectivity index (χ1v) is 8.32. The minimum Gasteiger partial charge on any atom is -0.484 e. The van der Waals surface area contributed by atoms with Crippen molar-refractivity contribution >= 4 is 17.2 Å². The minimum atomic E-state index is -0.477. The van der Waals surface area contributed by atoms with Gasteiger partial charge >= 0.3 is 0 Å². The summed E-state index contributed by atoms with van der Waals surface area (Å²) in [5.74, 6) is 0.181. The number of carbonyl (C=O) groups is 1. The second-order valence-electron chi connectivity index (χ2n) is 5.37. The zero-order chi connectivity index (χ0) is 16.1. The summed E-state index contributed by atoms with van der Waals surface area (Å²) in [7, 11) is 0. The lowest BCUT2D eigenvalue weighted by Gasteiger charge is -2.32. The van der Waals surface area contributed by atoms with Gasteiger partial charge in [-0.15, -0.1) is 11.3 Å². The van der Waals surface area contributed by atoms with Crippen LogP contribution in [0.1, 0.15) is 16.7 Å². The molecule has 0 bridgehead atoms. The number of amides is 1. The van der Waals surface area contributed by atoms with Crippen LogP contribution in [0.3, 0.4) is 0 Å². The maximum absolute atomic E-state index is 10.8. The highest BCUT2D eigenvalue weighted by atomic mass is 32.1. The van der Waals surface area contributed by atoms with Crippen LogP contribution in [-0.4, -0.2) is 42.1 Å². The van der Waals surface area contributed by atoms with Crippen LogP contribution < -0.4 is 10.5 Å². The Labute approximate surface area is 138 Å². The van der Waals surface area contributed by atoms with Crippen LogP contribution in [0.4, 0.5) is 0 Å². The molecule has 0 aliphatic carbocycles. The Morgan fingerprint density at radius 1 is 1.52 bits per heavy atom. The highest BCUT2D eigenvalue weighted by Gasteiger charge is 2.23. The first-order valence-electron chi connectivity index (χ1n) is 7.44. The molecule has 1 aromatic carbocycles. The normalized spacial score (nSPS) is 18.7. The zero-order valence-electron chi connectivity index (χ0n) is 12.7. The van der Waals surface area contributed by atoms with E-state index in [1.807, 2.05) is 35.8 Å². The van der Waals surface area contributed by atoms with Crippen LogP contribution in [-0.2, 0) is 16.1 Å². The summed E-state index contributed by atoms with van der Waals surface area (Å²) in [6, 6.07) is 7.73. The lowest BCUT2D eigenvalue weighted by atomic mass is 10.2. The van der Waals surface area contributed by atoms with E-state index in [-0.39, 0.29) is 12.7 Å². The molecule has 7 heteroatoms. The van der Waals surface area contributed by atoms with Crippen molar-refractivity contribution in [2.45, 2.75) is 12.6 Å². The maximum atomic E-state index is 10.8. The monoisotopic (exact) mass is 333 g/mol. The second-order valence-corrected chi connectivity index (χ2v) is 6.29. The van der Waals surface area contributed by atoms with Gasteiger partial charge in [0, 0.05) is 31.2 Å². The Morgan fingerprint density at radius 2 is 2.43 bits per heavy atom. The summed E-state index contributed by atoms with van der Waals surface area (Å²) >= 11 is 1.62. The van der Waals surface area contributed by atoms with Crippen LogP contribution in [0.25, 0.3) is 0 Å². The number of hydrogen-bond donors (Lipinski definition) is 1. The second kappa shape index (κ2) is 7.54. The third-order valence-electron chi connectivity index (χ3n) is 3.56. The Kier molecular flexibility index (Phi) is 5.22. The van der Waals surface area contributed by atoms with E-state index in [0.717, 1.165) is 30.2 Å². The van der Waals surface area contributed by atoms with E-state index in [0.29, 0.717) is 12.4 Å². The number of ether oxygens (including phenoxy) is 2. The Hall–Kier alpha value is -1.96. The molecular weight excluding hydrogens is 314 g/mol. The molecule has 1 aromatic heterocycles. The van der Waals surface area contributed by atoms with Crippen LogP contribution in [0, 0.1) is 0 Å². The standard InChI is InChI=1S/C16H19N3O3S/c17-15(20)11-22-13-3-1-2-12(8-13)9-19-5-6-21-14(10-19)16-18-4-7-23-16/h1-4,7-8,14H,5-6,9-11H2,(H2,17,20)/t14-/m1/s1. The van der Waals surface area contributed by atoms with E-state index in [9.17, 15) is 4.79 Å². The molecule has 2 heterocycles. The number of thiazole rings is 1. The molecule has 2 aromatic rings. The van der Waals surface area contributed by atoms with Crippen molar-refractivity contribution in [1.82, 2.24) is 9.88 Å². The number of nitrogens with two attached hydrogens (primary N) is 1. The van der Waals surface area contributed by atoms with Gasteiger partial charge in [-0.2, -0.15) is 0 Å². The molecule has 1 fully saturated rings. The van der Waals surface area contributed by atoms with Crippen molar-refractivity contribution in [1.29, 1.82) is 0 Å². The SMILES string of the molecule is NC(=O)COc1cccc(CN2CCO[C@@H](c3nccs3)C2)c1. The Bertz CT molecular complexity index is 648. The van der Waals surface area contributed by atoms with Gasteiger partial charge in [-0.05, 0) is 17.7 Å². The average Bonchev–Trinajstić information content (AvgIpc) is 3.08. The zero-order valence-corrected chi connectivity index (χ0v) is 13.5. The fourth-order valence-corrected chi connectivity index (χ4v) is 3.21. The van der Waals surface area contributed by atoms with Gasteiger partial charge in [0.05, 0.1) is 6.61 Å². The number of rotatable bonds is 6. The smallest absolute Gasteiger partial charge is 0.255 e. The fraction of sp³-hybridized carbons (Fsp3) is 0.375. The number of hydrogen-bond acceptors (Lipinski definition) is 6. The number of aromatic nitrogens is 1. The van der Waals surface area contributed by atoms with Gasteiger partial charge < -0.3 is 15.2 Å². The topological polar surface area (TPSA) is 77.7 Å². The predicted molar refractivity (Wildman–Crippen MR) is 87.2 cm³/mol. The first kappa shape index (κ1) is 15.9. The van der Waals surface area contributed by atoms with Gasteiger partial charge in [0.1, 0.15) is 16.9 Å². The van der Waals surface area contributed by atoms with Gasteiger partial charge in [0.25, 0.3) is 5.91 Å². The summed E-state index contributed by atoms with van der Waals surface area (Å²) in [4.78, 5) is 17.5. The highest BCUT2D eigenvalue weighted by molar-refractivity contribution is 7.09. The summed E-state index contributed by atoms with van der Waals surface area (Å²) in [6.07, 6.45) is 1.85. The molecule has 122 valence electrons. The van der Waals surface area contributed by atoms with Crippen molar-refractivity contribution in [3.05, 3.63) is 46.4 Å². The van der Waals surface area contributed by atoms with Gasteiger partial charge in [-0.1, -0.05) is 12.1 Å². The number of primary amides is 1. The molecule has 0 unspecified atom stereocenters. The number of carbonyl (C=O) groups excluding carboxylic acids is 1. The molecule has 23 heavy (non-hydrogen) atoms. The number of morpholine rings is 1. The molecule has 1 atom stereocenters. The van der Waals surface area contributed by atoms with Crippen LogP contribution in [0.15, 0.2) is 35.8 Å². The van der Waals surface area contributed by atoms with Crippen molar-refractivity contribution in [3.8, 4) is 5.75 Å². The van der Waals surface area contributed by atoms with Gasteiger partial charge in [0.15, 0.2) is 6.61 Å². The van der Waals surface area contributed by atoms with E-state index in [1.165, 1.54) is 0 Å². The largest absolute Gasteiger partial charge is 0.484 e. The molecule has 2 N–H and O–H groups in total. The maximum Gasteiger partial charge on any atom is 0.255 e. The van der Waals surface area contributed by atoms with Crippen LogP contribution in [0.2, 0.25) is 0 Å². The number of benzene rings is 1. The molecule has 0 spiro atoms. The van der Waals surface area contributed by atoms with E-state index < -0.39 is 5.91 Å². The summed E-state index contributed by atoms with van der Waals surface area (Å²) < 4.78 is 11.2. The molecule has 1 saturated heterocycles. The molecule has 3 rings (SSSR count). The molecular formula is C16H19N3O3S. The predicted octanol–water partition coefficient (Wildman–Crippen LogP) is 1.58. The van der Waals surface area contributed by atoms with Gasteiger partial charge in [0.2, 0.25) is 0 Å². The van der Waals surface area contributed by atoms with Crippen LogP contribution >= 0.6 is 11.3 Å². The lowest BCUT2D eigenvalue weighted by Crippen LogP contribution is -2.37. The lowest BCUT2D eigenvalue weighted by molar-refractivity contribution is -0.119. The molecule has 0 radical (unpaired) electrons. The van der Waals surface area contributed by atoms with Gasteiger partial charge in [-0.25, -0.2) is 4.98 Å². The molecule has 0 saturated carbocycles. The minimum absolute atomic E-state index is 0.0399. The van der Waals surface area contributed by atoms with E-state index >= 15 is 0 Å². The summed E-state index contributed by atoms with van der Waals surface area (Å²) in [6.45, 7) is 3.10. The molecule has 1 aliphatic rings. The third kappa shape index (κ3) is 4.51. The van der Waals surface area contributed by atoms with E-state index in [2.05, 4.69) is 9.88 Å². The van der Waals surface area contributed by atoms with Crippen molar-refractivity contribution in [3.63, 3.8) is 0 Å². The molecule has 1 amide bonds. The molecule has 6 nitrogen and oxygen atoms in total. The van der Waals surface area contributed by atoms with Crippen molar-refractivity contribution in [2.75, 3.05) is 26.3 Å².